The SMILES string of the molecule is O=C(O)c1ccc(CNc2ccc(Cl)cc2F)cc1F. The van der Waals surface area contributed by atoms with Crippen molar-refractivity contribution in [3.63, 3.8) is 0 Å². The fraction of sp³-hybridized carbons (Fsp3) is 0.0714. The molecule has 0 fully saturated rings. The van der Waals surface area contributed by atoms with Crippen LogP contribution in [0.25, 0.3) is 0 Å². The number of carboxylic acid groups (broad SMARTS) is 1. The Kier molecular flexibility index (Phi) is 4.20. The zero-order valence-corrected chi connectivity index (χ0v) is 10.9. The first-order valence-corrected chi connectivity index (χ1v) is 6.06. The maximum absolute atomic E-state index is 13.5. The number of halogens is 3. The van der Waals surface area contributed by atoms with Gasteiger partial charge >= 0.3 is 5.97 Å². The van der Waals surface area contributed by atoms with Crippen molar-refractivity contribution in [2.45, 2.75) is 6.54 Å². The zero-order chi connectivity index (χ0) is 14.7. The molecule has 2 aromatic carbocycles. The summed E-state index contributed by atoms with van der Waals surface area (Å²) >= 11 is 5.63. The molecule has 2 N–H and O–H groups in total. The summed E-state index contributed by atoms with van der Waals surface area (Å²) in [6.45, 7) is 0.162. The second-order valence-corrected chi connectivity index (χ2v) is 4.53. The van der Waals surface area contributed by atoms with Crippen molar-refractivity contribution in [2.75, 3.05) is 5.32 Å². The fourth-order valence-corrected chi connectivity index (χ4v) is 1.83. The van der Waals surface area contributed by atoms with Gasteiger partial charge in [0, 0.05) is 11.6 Å². The van der Waals surface area contributed by atoms with Crippen LogP contribution in [0, 0.1) is 11.6 Å². The van der Waals surface area contributed by atoms with Gasteiger partial charge in [0.2, 0.25) is 0 Å². The van der Waals surface area contributed by atoms with E-state index in [4.69, 9.17) is 16.7 Å². The third kappa shape index (κ3) is 3.24. The number of hydrogen-bond donors (Lipinski definition) is 2. The van der Waals surface area contributed by atoms with E-state index in [1.807, 2.05) is 0 Å². The highest BCUT2D eigenvalue weighted by Gasteiger charge is 2.10. The van der Waals surface area contributed by atoms with E-state index in [0.717, 1.165) is 12.1 Å². The highest BCUT2D eigenvalue weighted by atomic mass is 35.5. The summed E-state index contributed by atoms with van der Waals surface area (Å²) in [7, 11) is 0. The molecule has 6 heteroatoms. The van der Waals surface area contributed by atoms with Gasteiger partial charge in [0.05, 0.1) is 11.3 Å². The Morgan fingerprint density at radius 1 is 1.15 bits per heavy atom. The van der Waals surface area contributed by atoms with Gasteiger partial charge in [-0.3, -0.25) is 0 Å². The second kappa shape index (κ2) is 5.88. The van der Waals surface area contributed by atoms with E-state index in [2.05, 4.69) is 5.32 Å². The lowest BCUT2D eigenvalue weighted by Crippen LogP contribution is -2.05. The molecule has 0 aromatic heterocycles. The van der Waals surface area contributed by atoms with Crippen molar-refractivity contribution in [2.24, 2.45) is 0 Å². The van der Waals surface area contributed by atoms with E-state index in [1.165, 1.54) is 24.3 Å². The second-order valence-electron chi connectivity index (χ2n) is 4.10. The fourth-order valence-electron chi connectivity index (χ4n) is 1.67. The van der Waals surface area contributed by atoms with Crippen LogP contribution in [0.4, 0.5) is 14.5 Å². The Labute approximate surface area is 118 Å². The first kappa shape index (κ1) is 14.3. The number of aromatic carboxylic acids is 1. The Morgan fingerprint density at radius 2 is 1.90 bits per heavy atom. The summed E-state index contributed by atoms with van der Waals surface area (Å²) < 4.78 is 27.0. The molecule has 0 saturated heterocycles. The third-order valence-corrected chi connectivity index (χ3v) is 2.91. The maximum Gasteiger partial charge on any atom is 0.338 e. The van der Waals surface area contributed by atoms with Gasteiger partial charge in [-0.2, -0.15) is 0 Å². The molecule has 0 unspecified atom stereocenters. The number of rotatable bonds is 4. The molecule has 0 aliphatic carbocycles. The Bertz CT molecular complexity index is 662. The number of carbonyl (C=O) groups is 1. The van der Waals surface area contributed by atoms with E-state index in [9.17, 15) is 13.6 Å². The summed E-state index contributed by atoms with van der Waals surface area (Å²) in [5, 5.41) is 11.8. The van der Waals surface area contributed by atoms with E-state index in [0.29, 0.717) is 5.56 Å². The lowest BCUT2D eigenvalue weighted by Gasteiger charge is -2.08. The van der Waals surface area contributed by atoms with Crippen LogP contribution >= 0.6 is 11.6 Å². The predicted molar refractivity (Wildman–Crippen MR) is 72.1 cm³/mol. The maximum atomic E-state index is 13.5. The summed E-state index contributed by atoms with van der Waals surface area (Å²) in [5.74, 6) is -2.67. The largest absolute Gasteiger partial charge is 0.478 e. The van der Waals surface area contributed by atoms with Crippen molar-refractivity contribution >= 4 is 23.3 Å². The van der Waals surface area contributed by atoms with Gasteiger partial charge in [0.1, 0.15) is 11.6 Å². The number of carboxylic acids is 1. The molecule has 0 bridgehead atoms. The molecule has 104 valence electrons. The molecule has 0 aliphatic heterocycles. The normalized spacial score (nSPS) is 10.3. The lowest BCUT2D eigenvalue weighted by atomic mass is 10.1. The van der Waals surface area contributed by atoms with Crippen LogP contribution in [0.1, 0.15) is 15.9 Å². The van der Waals surface area contributed by atoms with E-state index < -0.39 is 23.2 Å². The van der Waals surface area contributed by atoms with Crippen LogP contribution in [0.5, 0.6) is 0 Å². The van der Waals surface area contributed by atoms with Crippen LogP contribution in [0.15, 0.2) is 36.4 Å². The van der Waals surface area contributed by atoms with E-state index in [-0.39, 0.29) is 17.3 Å². The molecule has 2 aromatic rings. The third-order valence-electron chi connectivity index (χ3n) is 2.68. The zero-order valence-electron chi connectivity index (χ0n) is 10.2. The molecule has 2 rings (SSSR count). The highest BCUT2D eigenvalue weighted by Crippen LogP contribution is 2.20. The van der Waals surface area contributed by atoms with Gasteiger partial charge in [-0.25, -0.2) is 13.6 Å². The molecule has 20 heavy (non-hydrogen) atoms. The van der Waals surface area contributed by atoms with Gasteiger partial charge in [0.15, 0.2) is 0 Å². The average Bonchev–Trinajstić information content (AvgIpc) is 2.37. The van der Waals surface area contributed by atoms with Gasteiger partial charge in [0.25, 0.3) is 0 Å². The van der Waals surface area contributed by atoms with Gasteiger partial charge in [-0.1, -0.05) is 17.7 Å². The summed E-state index contributed by atoms with van der Waals surface area (Å²) in [6, 6.07) is 7.91. The molecule has 0 saturated carbocycles. The quantitative estimate of drug-likeness (QED) is 0.899. The minimum atomic E-state index is -1.33. The van der Waals surface area contributed by atoms with E-state index >= 15 is 0 Å². The Balaban J connectivity index is 2.11. The number of anilines is 1. The molecular formula is C14H10ClF2NO2. The minimum Gasteiger partial charge on any atom is -0.478 e. The van der Waals surface area contributed by atoms with Crippen molar-refractivity contribution in [1.82, 2.24) is 0 Å². The van der Waals surface area contributed by atoms with Crippen LogP contribution in [0.2, 0.25) is 5.02 Å². The summed E-state index contributed by atoms with van der Waals surface area (Å²) in [5.41, 5.74) is 0.338. The first-order valence-electron chi connectivity index (χ1n) is 5.68. The lowest BCUT2D eigenvalue weighted by molar-refractivity contribution is 0.0692. The van der Waals surface area contributed by atoms with Crippen molar-refractivity contribution < 1.29 is 18.7 Å². The monoisotopic (exact) mass is 297 g/mol. The standard InChI is InChI=1S/C14H10ClF2NO2/c15-9-2-4-13(12(17)6-9)18-7-8-1-3-10(14(19)20)11(16)5-8/h1-6,18H,7H2,(H,19,20). The smallest absolute Gasteiger partial charge is 0.338 e. The molecule has 0 radical (unpaired) electrons. The number of nitrogens with one attached hydrogen (secondary N) is 1. The summed E-state index contributed by atoms with van der Waals surface area (Å²) in [6.07, 6.45) is 0. The first-order chi connectivity index (χ1) is 9.47. The van der Waals surface area contributed by atoms with Crippen molar-refractivity contribution in [1.29, 1.82) is 0 Å². The van der Waals surface area contributed by atoms with Gasteiger partial charge < -0.3 is 10.4 Å². The molecule has 0 amide bonds. The Morgan fingerprint density at radius 3 is 2.50 bits per heavy atom. The molecular weight excluding hydrogens is 288 g/mol. The van der Waals surface area contributed by atoms with Crippen LogP contribution in [0.3, 0.4) is 0 Å². The molecule has 3 nitrogen and oxygen atoms in total. The number of hydrogen-bond acceptors (Lipinski definition) is 2. The van der Waals surface area contributed by atoms with Gasteiger partial charge in [-0.05, 0) is 35.9 Å². The molecule has 0 atom stereocenters. The van der Waals surface area contributed by atoms with Crippen LogP contribution in [-0.4, -0.2) is 11.1 Å². The summed E-state index contributed by atoms with van der Waals surface area (Å²) in [4.78, 5) is 10.7. The highest BCUT2D eigenvalue weighted by molar-refractivity contribution is 6.30. The predicted octanol–water partition coefficient (Wildman–Crippen LogP) is 3.93. The van der Waals surface area contributed by atoms with Crippen molar-refractivity contribution in [3.05, 3.63) is 64.2 Å². The van der Waals surface area contributed by atoms with Crippen molar-refractivity contribution in [3.8, 4) is 0 Å². The van der Waals surface area contributed by atoms with Crippen LogP contribution in [-0.2, 0) is 6.54 Å². The molecule has 0 heterocycles. The topological polar surface area (TPSA) is 49.3 Å². The van der Waals surface area contributed by atoms with Gasteiger partial charge in [-0.15, -0.1) is 0 Å². The van der Waals surface area contributed by atoms with Crippen LogP contribution < -0.4 is 5.32 Å². The Hall–Kier alpha value is -2.14. The molecule has 0 spiro atoms. The van der Waals surface area contributed by atoms with E-state index in [1.54, 1.807) is 0 Å². The average molecular weight is 298 g/mol. The number of benzene rings is 2. The molecule has 0 aliphatic rings. The minimum absolute atomic E-state index is 0.162.